The van der Waals surface area contributed by atoms with Crippen LogP contribution in [0.15, 0.2) is 42.5 Å². The first kappa shape index (κ1) is 19.4. The highest BCUT2D eigenvalue weighted by atomic mass is 35.5. The van der Waals surface area contributed by atoms with Crippen molar-refractivity contribution in [3.63, 3.8) is 0 Å². The zero-order chi connectivity index (χ0) is 18.6. The summed E-state index contributed by atoms with van der Waals surface area (Å²) in [5.74, 6) is 0.132. The summed E-state index contributed by atoms with van der Waals surface area (Å²) in [4.78, 5) is 2.32. The van der Waals surface area contributed by atoms with Gasteiger partial charge in [-0.05, 0) is 55.2 Å². The van der Waals surface area contributed by atoms with Gasteiger partial charge >= 0.3 is 0 Å². The van der Waals surface area contributed by atoms with Crippen molar-refractivity contribution in [3.05, 3.63) is 63.9 Å². The summed E-state index contributed by atoms with van der Waals surface area (Å²) in [6.07, 6.45) is 2.23. The predicted octanol–water partition coefficient (Wildman–Crippen LogP) is 4.89. The van der Waals surface area contributed by atoms with Gasteiger partial charge in [0.25, 0.3) is 0 Å². The maximum Gasteiger partial charge on any atom is 0.138 e. The van der Waals surface area contributed by atoms with Gasteiger partial charge in [0.1, 0.15) is 11.6 Å². The van der Waals surface area contributed by atoms with Crippen LogP contribution in [0.25, 0.3) is 0 Å². The Morgan fingerprint density at radius 3 is 2.42 bits per heavy atom. The Labute approximate surface area is 163 Å². The first-order valence-corrected chi connectivity index (χ1v) is 9.50. The van der Waals surface area contributed by atoms with Crippen LogP contribution >= 0.6 is 23.2 Å². The molecule has 1 N–H and O–H groups in total. The van der Waals surface area contributed by atoms with Gasteiger partial charge < -0.3 is 14.7 Å². The monoisotopic (exact) mass is 397 g/mol. The van der Waals surface area contributed by atoms with Crippen molar-refractivity contribution in [3.8, 4) is 5.75 Å². The minimum absolute atomic E-state index is 0.288. The number of hydrogen-bond acceptors (Lipinski definition) is 3. The molecule has 0 unspecified atom stereocenters. The molecule has 0 atom stereocenters. The minimum atomic E-state index is -0.779. The molecule has 0 amide bonds. The zero-order valence-electron chi connectivity index (χ0n) is 14.4. The van der Waals surface area contributed by atoms with E-state index in [1.807, 2.05) is 24.3 Å². The lowest BCUT2D eigenvalue weighted by Gasteiger charge is -2.38. The smallest absolute Gasteiger partial charge is 0.138 e. The number of ether oxygens (including phenoxy) is 1. The number of rotatable bonds is 6. The van der Waals surface area contributed by atoms with Crippen molar-refractivity contribution < 1.29 is 14.2 Å². The lowest BCUT2D eigenvalue weighted by molar-refractivity contribution is -0.0264. The van der Waals surface area contributed by atoms with Gasteiger partial charge in [-0.1, -0.05) is 35.3 Å². The SMILES string of the molecule is OC1(c2ccc(Cl)cc2)CCN(CCCOc2ccc(F)cc2Cl)CC1. The third-order valence-electron chi connectivity index (χ3n) is 4.83. The molecule has 1 aliphatic heterocycles. The highest BCUT2D eigenvalue weighted by Gasteiger charge is 2.33. The molecule has 0 spiro atoms. The van der Waals surface area contributed by atoms with Crippen molar-refractivity contribution in [2.75, 3.05) is 26.2 Å². The van der Waals surface area contributed by atoms with Gasteiger partial charge in [0.2, 0.25) is 0 Å². The van der Waals surface area contributed by atoms with Gasteiger partial charge in [0.05, 0.1) is 17.2 Å². The van der Waals surface area contributed by atoms with E-state index in [9.17, 15) is 9.50 Å². The second-order valence-corrected chi connectivity index (χ2v) is 7.50. The van der Waals surface area contributed by atoms with Gasteiger partial charge in [0.15, 0.2) is 0 Å². The molecule has 140 valence electrons. The fourth-order valence-electron chi connectivity index (χ4n) is 3.26. The molecule has 0 saturated carbocycles. The summed E-state index contributed by atoms with van der Waals surface area (Å²) >= 11 is 11.9. The Balaban J connectivity index is 1.42. The van der Waals surface area contributed by atoms with Gasteiger partial charge in [-0.3, -0.25) is 0 Å². The van der Waals surface area contributed by atoms with Crippen molar-refractivity contribution in [2.24, 2.45) is 0 Å². The van der Waals surface area contributed by atoms with E-state index in [0.29, 0.717) is 30.2 Å². The maximum absolute atomic E-state index is 13.0. The van der Waals surface area contributed by atoms with Crippen LogP contribution in [-0.4, -0.2) is 36.2 Å². The lowest BCUT2D eigenvalue weighted by Crippen LogP contribution is -2.43. The number of benzene rings is 2. The third kappa shape index (κ3) is 4.89. The van der Waals surface area contributed by atoms with E-state index in [1.54, 1.807) is 6.07 Å². The van der Waals surface area contributed by atoms with E-state index in [0.717, 1.165) is 31.6 Å². The average Bonchev–Trinajstić information content (AvgIpc) is 2.62. The van der Waals surface area contributed by atoms with Crippen LogP contribution in [0.2, 0.25) is 10.0 Å². The zero-order valence-corrected chi connectivity index (χ0v) is 15.9. The molecule has 1 aliphatic rings. The quantitative estimate of drug-likeness (QED) is 0.704. The van der Waals surface area contributed by atoms with Gasteiger partial charge in [-0.25, -0.2) is 4.39 Å². The number of aliphatic hydroxyl groups is 1. The Bertz CT molecular complexity index is 731. The Morgan fingerprint density at radius 1 is 1.08 bits per heavy atom. The summed E-state index contributed by atoms with van der Waals surface area (Å²) in [5.41, 5.74) is 0.148. The summed E-state index contributed by atoms with van der Waals surface area (Å²) in [6, 6.07) is 11.6. The number of likely N-dealkylation sites (tertiary alicyclic amines) is 1. The topological polar surface area (TPSA) is 32.7 Å². The number of hydrogen-bond donors (Lipinski definition) is 1. The molecule has 1 fully saturated rings. The van der Waals surface area contributed by atoms with Gasteiger partial charge in [-0.15, -0.1) is 0 Å². The molecule has 2 aromatic carbocycles. The summed E-state index contributed by atoms with van der Waals surface area (Å²) in [5, 5.41) is 11.8. The van der Waals surface area contributed by atoms with Gasteiger partial charge in [-0.2, -0.15) is 0 Å². The lowest BCUT2D eigenvalue weighted by atomic mass is 9.84. The second-order valence-electron chi connectivity index (χ2n) is 6.66. The Morgan fingerprint density at radius 2 is 1.77 bits per heavy atom. The molecule has 0 radical (unpaired) electrons. The molecule has 26 heavy (non-hydrogen) atoms. The molecule has 2 aromatic rings. The molecule has 1 heterocycles. The Hall–Kier alpha value is -1.33. The molecule has 0 bridgehead atoms. The third-order valence-corrected chi connectivity index (χ3v) is 5.38. The fourth-order valence-corrected chi connectivity index (χ4v) is 3.61. The number of nitrogens with zero attached hydrogens (tertiary/aromatic N) is 1. The van der Waals surface area contributed by atoms with Crippen molar-refractivity contribution >= 4 is 23.2 Å². The molecule has 1 saturated heterocycles. The van der Waals surface area contributed by atoms with E-state index in [2.05, 4.69) is 4.90 Å². The molecule has 3 nitrogen and oxygen atoms in total. The van der Waals surface area contributed by atoms with Crippen LogP contribution in [0.4, 0.5) is 4.39 Å². The van der Waals surface area contributed by atoms with Crippen LogP contribution < -0.4 is 4.74 Å². The molecular formula is C20H22Cl2FNO2. The standard InChI is InChI=1S/C20H22Cl2FNO2/c21-16-4-2-15(3-5-16)20(25)8-11-24(12-9-20)10-1-13-26-19-7-6-17(23)14-18(19)22/h2-7,14,25H,1,8-13H2. The minimum Gasteiger partial charge on any atom is -0.492 e. The van der Waals surface area contributed by atoms with Gasteiger partial charge in [0, 0.05) is 24.7 Å². The number of piperidine rings is 1. The first-order valence-electron chi connectivity index (χ1n) is 8.75. The molecular weight excluding hydrogens is 376 g/mol. The van der Waals surface area contributed by atoms with Crippen molar-refractivity contribution in [1.82, 2.24) is 4.90 Å². The van der Waals surface area contributed by atoms with E-state index in [1.165, 1.54) is 12.1 Å². The summed E-state index contributed by atoms with van der Waals surface area (Å²) < 4.78 is 18.6. The summed E-state index contributed by atoms with van der Waals surface area (Å²) in [6.45, 7) is 3.06. The van der Waals surface area contributed by atoms with Crippen LogP contribution in [0.1, 0.15) is 24.8 Å². The molecule has 0 aromatic heterocycles. The van der Waals surface area contributed by atoms with E-state index in [4.69, 9.17) is 27.9 Å². The fraction of sp³-hybridized carbons (Fsp3) is 0.400. The van der Waals surface area contributed by atoms with E-state index < -0.39 is 5.60 Å². The van der Waals surface area contributed by atoms with E-state index >= 15 is 0 Å². The highest BCUT2D eigenvalue weighted by molar-refractivity contribution is 6.32. The van der Waals surface area contributed by atoms with Crippen LogP contribution in [0.5, 0.6) is 5.75 Å². The van der Waals surface area contributed by atoms with Crippen molar-refractivity contribution in [2.45, 2.75) is 24.9 Å². The van der Waals surface area contributed by atoms with Crippen molar-refractivity contribution in [1.29, 1.82) is 0 Å². The predicted molar refractivity (Wildman–Crippen MR) is 103 cm³/mol. The molecule has 6 heteroatoms. The number of halogens is 3. The van der Waals surface area contributed by atoms with E-state index in [-0.39, 0.29) is 10.8 Å². The molecule has 0 aliphatic carbocycles. The largest absolute Gasteiger partial charge is 0.492 e. The normalized spacial score (nSPS) is 17.2. The highest BCUT2D eigenvalue weighted by Crippen LogP contribution is 2.33. The molecule has 3 rings (SSSR count). The van der Waals surface area contributed by atoms with Crippen LogP contribution in [0.3, 0.4) is 0 Å². The summed E-state index contributed by atoms with van der Waals surface area (Å²) in [7, 11) is 0. The Kier molecular flexibility index (Phi) is 6.41. The van der Waals surface area contributed by atoms with Crippen LogP contribution in [0, 0.1) is 5.82 Å². The maximum atomic E-state index is 13.0. The second kappa shape index (κ2) is 8.57. The first-order chi connectivity index (χ1) is 12.5. The average molecular weight is 398 g/mol. The van der Waals surface area contributed by atoms with Crippen LogP contribution in [-0.2, 0) is 5.60 Å².